The Labute approximate surface area is 201 Å². The Kier molecular flexibility index (Phi) is 6.40. The first kappa shape index (κ1) is 23.1. The molecule has 1 unspecified atom stereocenters. The lowest BCUT2D eigenvalue weighted by molar-refractivity contribution is -0.120. The highest BCUT2D eigenvalue weighted by Gasteiger charge is 2.54. The van der Waals surface area contributed by atoms with Crippen molar-refractivity contribution >= 4 is 41.0 Å². The number of phenolic OH excluding ortho intramolecular Hbond substituents is 1. The van der Waals surface area contributed by atoms with Crippen LogP contribution in [-0.2, 0) is 4.79 Å². The van der Waals surface area contributed by atoms with Crippen molar-refractivity contribution in [3.63, 3.8) is 0 Å². The molecule has 3 aromatic rings. The number of benzene rings is 3. The molecule has 1 heterocycles. The molecular weight excluding hydrogens is 456 g/mol. The van der Waals surface area contributed by atoms with Crippen molar-refractivity contribution < 1.29 is 24.2 Å². The molecule has 0 aromatic heterocycles. The number of nitrogens with one attached hydrogen (secondary N) is 1. The van der Waals surface area contributed by atoms with Crippen LogP contribution in [0.3, 0.4) is 0 Å². The summed E-state index contributed by atoms with van der Waals surface area (Å²) in [5.74, 6) is -0.250. The number of imide groups is 1. The number of nitrogens with zero attached hydrogens (tertiary/aromatic N) is 1. The summed E-state index contributed by atoms with van der Waals surface area (Å²) in [6, 6.07) is 18.4. The lowest BCUT2D eigenvalue weighted by atomic mass is 10.1. The highest BCUT2D eigenvalue weighted by molar-refractivity contribution is 6.30. The third kappa shape index (κ3) is 3.91. The van der Waals surface area contributed by atoms with E-state index in [-0.39, 0.29) is 17.2 Å². The zero-order valence-electron chi connectivity index (χ0n) is 18.5. The van der Waals surface area contributed by atoms with Crippen LogP contribution in [0.2, 0.25) is 5.02 Å². The van der Waals surface area contributed by atoms with Crippen molar-refractivity contribution in [3.8, 4) is 17.2 Å². The minimum Gasteiger partial charge on any atom is -0.502 e. The van der Waals surface area contributed by atoms with Crippen molar-refractivity contribution in [2.24, 2.45) is 0 Å². The zero-order chi connectivity index (χ0) is 24.3. The van der Waals surface area contributed by atoms with Gasteiger partial charge >= 0.3 is 11.9 Å². The number of quaternary nitrogens is 1. The van der Waals surface area contributed by atoms with E-state index in [1.165, 1.54) is 26.5 Å². The van der Waals surface area contributed by atoms with Crippen molar-refractivity contribution in [2.45, 2.75) is 0 Å². The predicted molar refractivity (Wildman–Crippen MR) is 131 cm³/mol. The fourth-order valence-corrected chi connectivity index (χ4v) is 4.00. The summed E-state index contributed by atoms with van der Waals surface area (Å²) in [5.41, 5.74) is 2.15. The highest BCUT2D eigenvalue weighted by Crippen LogP contribution is 2.40. The van der Waals surface area contributed by atoms with Crippen LogP contribution in [-0.4, -0.2) is 31.3 Å². The van der Waals surface area contributed by atoms with Crippen LogP contribution in [0.5, 0.6) is 17.2 Å². The van der Waals surface area contributed by atoms with Crippen LogP contribution in [0, 0.1) is 0 Å². The monoisotopic (exact) mass is 477 g/mol. The van der Waals surface area contributed by atoms with Gasteiger partial charge in [-0.25, -0.2) is 9.59 Å². The molecule has 4 rings (SSSR count). The lowest BCUT2D eigenvalue weighted by Crippen LogP contribution is -2.55. The average Bonchev–Trinajstić information content (AvgIpc) is 3.21. The summed E-state index contributed by atoms with van der Waals surface area (Å²) in [6.45, 7) is 0. The van der Waals surface area contributed by atoms with E-state index in [0.717, 1.165) is 0 Å². The number of hydrogen-bond donors (Lipinski definition) is 2. The van der Waals surface area contributed by atoms with Crippen LogP contribution in [0.4, 0.5) is 10.5 Å². The van der Waals surface area contributed by atoms with Crippen LogP contribution < -0.4 is 19.3 Å². The Hall–Kier alpha value is -4.07. The lowest BCUT2D eigenvalue weighted by Gasteiger charge is -2.28. The summed E-state index contributed by atoms with van der Waals surface area (Å²) < 4.78 is 9.69. The maximum atomic E-state index is 13.8. The Morgan fingerprint density at radius 1 is 1.00 bits per heavy atom. The van der Waals surface area contributed by atoms with Crippen molar-refractivity contribution in [3.05, 3.63) is 95.2 Å². The molecule has 0 spiro atoms. The number of aromatic hydroxyl groups is 1. The van der Waals surface area contributed by atoms with E-state index in [1.807, 2.05) is 6.07 Å². The second-order valence-corrected chi connectivity index (χ2v) is 7.87. The number of phenols is 1. The molecule has 172 valence electrons. The van der Waals surface area contributed by atoms with Gasteiger partial charge in [-0.2, -0.15) is 0 Å². The predicted octanol–water partition coefficient (Wildman–Crippen LogP) is 5.33. The molecule has 0 fully saturated rings. The Morgan fingerprint density at radius 2 is 1.62 bits per heavy atom. The second-order valence-electron chi connectivity index (χ2n) is 7.44. The Balaban J connectivity index is 1.83. The molecule has 0 aliphatic carbocycles. The summed E-state index contributed by atoms with van der Waals surface area (Å²) >= 11 is 6.05. The highest BCUT2D eigenvalue weighted by atomic mass is 35.5. The molecule has 0 saturated carbocycles. The first-order chi connectivity index (χ1) is 16.4. The third-order valence-electron chi connectivity index (χ3n) is 5.53. The number of ether oxygens (including phenoxy) is 2. The molecule has 8 heteroatoms. The van der Waals surface area contributed by atoms with Gasteiger partial charge in [-0.15, -0.1) is 4.48 Å². The summed E-state index contributed by atoms with van der Waals surface area (Å²) in [5, 5.41) is 13.4. The number of carbonyl (C=O) groups is 2. The molecular formula is C26H22ClN2O5+. The van der Waals surface area contributed by atoms with Gasteiger partial charge in [0.2, 0.25) is 5.75 Å². The minimum absolute atomic E-state index is 0.145. The number of carbonyl (C=O) groups excluding carboxylic acids is 2. The molecule has 0 radical (unpaired) electrons. The number of urea groups is 1. The number of hydrogen-bond acceptors (Lipinski definition) is 5. The molecule has 1 aliphatic heterocycles. The SMILES string of the molecule is COc1cc(C=CC(=O)[N+]2(c3ccccc3)C(=O)NC=C2c2ccc(Cl)cc2)cc(OC)c1O. The molecule has 1 atom stereocenters. The Bertz CT molecular complexity index is 1280. The molecule has 3 amide bonds. The summed E-state index contributed by atoms with van der Waals surface area (Å²) in [6.07, 6.45) is 4.41. The smallest absolute Gasteiger partial charge is 0.438 e. The normalized spacial score (nSPS) is 17.4. The molecule has 2 N–H and O–H groups in total. The van der Waals surface area contributed by atoms with E-state index in [0.29, 0.717) is 27.5 Å². The average molecular weight is 478 g/mol. The number of rotatable bonds is 6. The molecule has 3 aromatic carbocycles. The van der Waals surface area contributed by atoms with E-state index in [1.54, 1.807) is 66.7 Å². The summed E-state index contributed by atoms with van der Waals surface area (Å²) in [4.78, 5) is 27.1. The second kappa shape index (κ2) is 9.43. The van der Waals surface area contributed by atoms with Gasteiger partial charge in [-0.3, -0.25) is 5.32 Å². The van der Waals surface area contributed by atoms with E-state index in [9.17, 15) is 14.7 Å². The number of halogens is 1. The first-order valence-corrected chi connectivity index (χ1v) is 10.7. The summed E-state index contributed by atoms with van der Waals surface area (Å²) in [7, 11) is 2.83. The zero-order valence-corrected chi connectivity index (χ0v) is 19.2. The van der Waals surface area contributed by atoms with E-state index < -0.39 is 16.4 Å². The van der Waals surface area contributed by atoms with Crippen LogP contribution >= 0.6 is 11.6 Å². The molecule has 34 heavy (non-hydrogen) atoms. The maximum Gasteiger partial charge on any atom is 0.438 e. The van der Waals surface area contributed by atoms with Gasteiger partial charge in [0.25, 0.3) is 0 Å². The van der Waals surface area contributed by atoms with Gasteiger partial charge in [0.15, 0.2) is 22.9 Å². The minimum atomic E-state index is -0.689. The van der Waals surface area contributed by atoms with Crippen LogP contribution in [0.15, 0.2) is 79.0 Å². The van der Waals surface area contributed by atoms with E-state index in [2.05, 4.69) is 5.32 Å². The van der Waals surface area contributed by atoms with Crippen molar-refractivity contribution in [2.75, 3.05) is 14.2 Å². The third-order valence-corrected chi connectivity index (χ3v) is 5.78. The fourth-order valence-electron chi connectivity index (χ4n) is 3.87. The van der Waals surface area contributed by atoms with Gasteiger partial charge in [0, 0.05) is 28.8 Å². The number of para-hydroxylation sites is 1. The van der Waals surface area contributed by atoms with Gasteiger partial charge in [0.1, 0.15) is 0 Å². The molecule has 0 bridgehead atoms. The molecule has 0 saturated heterocycles. The van der Waals surface area contributed by atoms with Gasteiger partial charge in [0.05, 0.1) is 20.4 Å². The van der Waals surface area contributed by atoms with Crippen LogP contribution in [0.25, 0.3) is 11.8 Å². The topological polar surface area (TPSA) is 84.9 Å². The van der Waals surface area contributed by atoms with Gasteiger partial charge in [-0.05, 0) is 48.0 Å². The van der Waals surface area contributed by atoms with Gasteiger partial charge in [-0.1, -0.05) is 29.8 Å². The van der Waals surface area contributed by atoms with Crippen molar-refractivity contribution in [1.29, 1.82) is 0 Å². The quantitative estimate of drug-likeness (QED) is 0.370. The Morgan fingerprint density at radius 3 is 2.21 bits per heavy atom. The van der Waals surface area contributed by atoms with Gasteiger partial charge < -0.3 is 14.6 Å². The maximum absolute atomic E-state index is 13.8. The fraction of sp³-hybridized carbons (Fsp3) is 0.0769. The standard InChI is InChI=1S/C26H21ClN2O5/c1-33-22-14-17(15-23(34-2)25(22)31)8-13-24(30)29(20-6-4-3-5-7-20)21(16-28-26(29)32)18-9-11-19(27)12-10-18/h3-16H,1-2H3,(H-,28,30,31,32)/p+1. The number of amides is 3. The number of methoxy groups -OCH3 is 2. The molecule has 7 nitrogen and oxygen atoms in total. The van der Waals surface area contributed by atoms with Crippen molar-refractivity contribution in [1.82, 2.24) is 9.80 Å². The first-order valence-electron chi connectivity index (χ1n) is 10.3. The largest absolute Gasteiger partial charge is 0.502 e. The molecule has 1 aliphatic rings. The van der Waals surface area contributed by atoms with E-state index in [4.69, 9.17) is 21.1 Å². The van der Waals surface area contributed by atoms with E-state index >= 15 is 0 Å². The van der Waals surface area contributed by atoms with Crippen LogP contribution in [0.1, 0.15) is 11.1 Å².